The van der Waals surface area contributed by atoms with E-state index in [0.717, 1.165) is 23.9 Å². The van der Waals surface area contributed by atoms with E-state index in [1.54, 1.807) is 12.3 Å². The molecule has 0 bridgehead atoms. The van der Waals surface area contributed by atoms with E-state index < -0.39 is 0 Å². The summed E-state index contributed by atoms with van der Waals surface area (Å²) in [4.78, 5) is 20.6. The number of hydrogen-bond donors (Lipinski definition) is 2. The van der Waals surface area contributed by atoms with Crippen molar-refractivity contribution >= 4 is 33.5 Å². The molecule has 0 spiro atoms. The van der Waals surface area contributed by atoms with Gasteiger partial charge >= 0.3 is 0 Å². The third-order valence-electron chi connectivity index (χ3n) is 3.50. The highest BCUT2D eigenvalue weighted by atomic mass is 79.9. The number of hydrogen-bond acceptors (Lipinski definition) is 5. The van der Waals surface area contributed by atoms with Crippen molar-refractivity contribution in [1.29, 1.82) is 0 Å². The molecule has 1 aliphatic heterocycles. The highest BCUT2D eigenvalue weighted by Gasteiger charge is 2.16. The van der Waals surface area contributed by atoms with Crippen LogP contribution in [0.2, 0.25) is 0 Å². The number of carbonyl (C=O) groups is 1. The molecule has 3 rings (SSSR count). The van der Waals surface area contributed by atoms with Crippen LogP contribution in [0, 0.1) is 0 Å². The zero-order chi connectivity index (χ0) is 16.1. The summed E-state index contributed by atoms with van der Waals surface area (Å²) in [6, 6.07) is 8.96. The molecule has 2 N–H and O–H groups in total. The Balaban J connectivity index is 1.61. The van der Waals surface area contributed by atoms with E-state index in [0.29, 0.717) is 23.9 Å². The number of carbonyl (C=O) groups excluding carboxylic acids is 1. The third-order valence-corrected chi connectivity index (χ3v) is 4.03. The lowest BCUT2D eigenvalue weighted by atomic mass is 10.2. The number of anilines is 2. The van der Waals surface area contributed by atoms with Crippen LogP contribution in [0.1, 0.15) is 23.3 Å². The summed E-state index contributed by atoms with van der Waals surface area (Å²) < 4.78 is 6.50. The predicted octanol–water partition coefficient (Wildman–Crippen LogP) is 3.08. The number of aromatic nitrogens is 2. The Hall–Kier alpha value is -1.99. The Labute approximate surface area is 142 Å². The Morgan fingerprint density at radius 2 is 2.13 bits per heavy atom. The molecule has 1 aliphatic rings. The molecule has 120 valence electrons. The summed E-state index contributed by atoms with van der Waals surface area (Å²) in [6.07, 6.45) is 3.89. The largest absolute Gasteiger partial charge is 0.376 e. The van der Waals surface area contributed by atoms with E-state index in [2.05, 4.69) is 36.5 Å². The zero-order valence-corrected chi connectivity index (χ0v) is 14.0. The van der Waals surface area contributed by atoms with E-state index >= 15 is 0 Å². The molecule has 0 aliphatic carbocycles. The first-order chi connectivity index (χ1) is 11.2. The van der Waals surface area contributed by atoms with E-state index in [1.165, 1.54) is 0 Å². The van der Waals surface area contributed by atoms with Crippen molar-refractivity contribution in [2.24, 2.45) is 0 Å². The second-order valence-electron chi connectivity index (χ2n) is 5.24. The van der Waals surface area contributed by atoms with Gasteiger partial charge in [-0.3, -0.25) is 4.79 Å². The third kappa shape index (κ3) is 4.49. The molecule has 1 aromatic carbocycles. The van der Waals surface area contributed by atoms with Gasteiger partial charge in [-0.1, -0.05) is 15.9 Å². The maximum atomic E-state index is 12.2. The molecule has 1 amide bonds. The van der Waals surface area contributed by atoms with Crippen LogP contribution in [0.25, 0.3) is 0 Å². The molecule has 0 radical (unpaired) electrons. The molecule has 1 fully saturated rings. The van der Waals surface area contributed by atoms with Crippen LogP contribution in [0.3, 0.4) is 0 Å². The minimum absolute atomic E-state index is 0.193. The van der Waals surface area contributed by atoms with Gasteiger partial charge in [0.1, 0.15) is 5.69 Å². The Bertz CT molecular complexity index is 672. The van der Waals surface area contributed by atoms with Crippen molar-refractivity contribution in [3.05, 3.63) is 46.7 Å². The summed E-state index contributed by atoms with van der Waals surface area (Å²) in [7, 11) is 0. The molecule has 7 heteroatoms. The lowest BCUT2D eigenvalue weighted by Gasteiger charge is -2.11. The SMILES string of the molecule is O=C(Nc1ccc(Br)cc1)c1ccnc(NCC2CCCO2)n1. The van der Waals surface area contributed by atoms with Crippen LogP contribution in [-0.2, 0) is 4.74 Å². The van der Waals surface area contributed by atoms with Gasteiger partial charge in [-0.25, -0.2) is 9.97 Å². The lowest BCUT2D eigenvalue weighted by Crippen LogP contribution is -2.21. The van der Waals surface area contributed by atoms with Crippen LogP contribution in [0.4, 0.5) is 11.6 Å². The molecule has 0 saturated carbocycles. The second-order valence-corrected chi connectivity index (χ2v) is 6.16. The van der Waals surface area contributed by atoms with Crippen molar-refractivity contribution in [3.8, 4) is 0 Å². The number of benzene rings is 1. The van der Waals surface area contributed by atoms with Crippen molar-refractivity contribution < 1.29 is 9.53 Å². The quantitative estimate of drug-likeness (QED) is 0.838. The van der Waals surface area contributed by atoms with Gasteiger partial charge in [-0.05, 0) is 43.2 Å². The van der Waals surface area contributed by atoms with Crippen molar-refractivity contribution in [2.75, 3.05) is 23.8 Å². The first-order valence-electron chi connectivity index (χ1n) is 7.46. The summed E-state index contributed by atoms with van der Waals surface area (Å²) in [6.45, 7) is 1.46. The monoisotopic (exact) mass is 376 g/mol. The highest BCUT2D eigenvalue weighted by molar-refractivity contribution is 9.10. The highest BCUT2D eigenvalue weighted by Crippen LogP contribution is 2.15. The number of ether oxygens (including phenoxy) is 1. The van der Waals surface area contributed by atoms with Crippen LogP contribution < -0.4 is 10.6 Å². The molecular formula is C16H17BrN4O2. The second kappa shape index (κ2) is 7.52. The van der Waals surface area contributed by atoms with Gasteiger partial charge in [0, 0.05) is 29.5 Å². The number of rotatable bonds is 5. The smallest absolute Gasteiger partial charge is 0.274 e. The summed E-state index contributed by atoms with van der Waals surface area (Å²) in [5, 5.41) is 5.93. The number of halogens is 1. The molecule has 1 atom stereocenters. The van der Waals surface area contributed by atoms with E-state index in [4.69, 9.17) is 4.74 Å². The van der Waals surface area contributed by atoms with E-state index in [-0.39, 0.29) is 12.0 Å². The van der Waals surface area contributed by atoms with Crippen molar-refractivity contribution in [3.63, 3.8) is 0 Å². The van der Waals surface area contributed by atoms with Gasteiger partial charge in [-0.15, -0.1) is 0 Å². The van der Waals surface area contributed by atoms with Gasteiger partial charge < -0.3 is 15.4 Å². The van der Waals surface area contributed by atoms with Crippen molar-refractivity contribution in [2.45, 2.75) is 18.9 Å². The van der Waals surface area contributed by atoms with E-state index in [1.807, 2.05) is 24.3 Å². The maximum Gasteiger partial charge on any atom is 0.274 e. The fourth-order valence-electron chi connectivity index (χ4n) is 2.31. The Morgan fingerprint density at radius 1 is 1.30 bits per heavy atom. The summed E-state index contributed by atoms with van der Waals surface area (Å²) >= 11 is 3.36. The van der Waals surface area contributed by atoms with Gasteiger partial charge in [0.05, 0.1) is 6.10 Å². The number of nitrogens with zero attached hydrogens (tertiary/aromatic N) is 2. The van der Waals surface area contributed by atoms with Crippen molar-refractivity contribution in [1.82, 2.24) is 9.97 Å². The molecular weight excluding hydrogens is 360 g/mol. The molecule has 2 aromatic rings. The summed E-state index contributed by atoms with van der Waals surface area (Å²) in [5.74, 6) is 0.166. The molecule has 2 heterocycles. The van der Waals surface area contributed by atoms with Crippen LogP contribution in [0.15, 0.2) is 41.0 Å². The first kappa shape index (κ1) is 15.9. The lowest BCUT2D eigenvalue weighted by molar-refractivity contribution is 0.102. The Kier molecular flexibility index (Phi) is 5.19. The molecule has 23 heavy (non-hydrogen) atoms. The van der Waals surface area contributed by atoms with Gasteiger partial charge in [0.2, 0.25) is 5.95 Å². The number of nitrogens with one attached hydrogen (secondary N) is 2. The molecule has 1 aromatic heterocycles. The fraction of sp³-hybridized carbons (Fsp3) is 0.312. The van der Waals surface area contributed by atoms with Gasteiger partial charge in [-0.2, -0.15) is 0 Å². The standard InChI is InChI=1S/C16H17BrN4O2/c17-11-3-5-12(6-4-11)20-15(22)14-7-8-18-16(21-14)19-10-13-2-1-9-23-13/h3-8,13H,1-2,9-10H2,(H,20,22)(H,18,19,21). The minimum Gasteiger partial charge on any atom is -0.376 e. The molecule has 1 unspecified atom stereocenters. The van der Waals surface area contributed by atoms with Crippen LogP contribution in [0.5, 0.6) is 0 Å². The molecule has 6 nitrogen and oxygen atoms in total. The topological polar surface area (TPSA) is 76.1 Å². The fourth-order valence-corrected chi connectivity index (χ4v) is 2.57. The Morgan fingerprint density at radius 3 is 2.87 bits per heavy atom. The first-order valence-corrected chi connectivity index (χ1v) is 8.25. The molecule has 1 saturated heterocycles. The maximum absolute atomic E-state index is 12.2. The number of amides is 1. The van der Waals surface area contributed by atoms with Gasteiger partial charge in [0.25, 0.3) is 5.91 Å². The zero-order valence-electron chi connectivity index (χ0n) is 12.5. The van der Waals surface area contributed by atoms with Crippen LogP contribution >= 0.6 is 15.9 Å². The average Bonchev–Trinajstić information content (AvgIpc) is 3.09. The summed E-state index contributed by atoms with van der Waals surface area (Å²) in [5.41, 5.74) is 1.03. The van der Waals surface area contributed by atoms with E-state index in [9.17, 15) is 4.79 Å². The normalized spacial score (nSPS) is 17.0. The van der Waals surface area contributed by atoms with Crippen LogP contribution in [-0.4, -0.2) is 35.1 Å². The average molecular weight is 377 g/mol. The van der Waals surface area contributed by atoms with Gasteiger partial charge in [0.15, 0.2) is 0 Å². The predicted molar refractivity (Wildman–Crippen MR) is 91.6 cm³/mol. The minimum atomic E-state index is -0.269.